The molecule has 5 heteroatoms. The van der Waals surface area contributed by atoms with Crippen molar-refractivity contribution in [3.8, 4) is 5.75 Å². The van der Waals surface area contributed by atoms with Gasteiger partial charge < -0.3 is 4.74 Å². The van der Waals surface area contributed by atoms with Gasteiger partial charge in [0.05, 0.1) is 10.6 Å². The predicted molar refractivity (Wildman–Crippen MR) is 107 cm³/mol. The van der Waals surface area contributed by atoms with Crippen molar-refractivity contribution in [2.75, 3.05) is 12.4 Å². The Hall–Kier alpha value is -2.04. The molecule has 0 saturated carbocycles. The van der Waals surface area contributed by atoms with Crippen molar-refractivity contribution in [1.29, 1.82) is 0 Å². The molecule has 2 aromatic carbocycles. The third-order valence-corrected chi connectivity index (χ3v) is 6.31. The van der Waals surface area contributed by atoms with Crippen molar-refractivity contribution < 1.29 is 13.2 Å². The van der Waals surface area contributed by atoms with Gasteiger partial charge in [-0.1, -0.05) is 42.8 Å². The van der Waals surface area contributed by atoms with E-state index in [0.717, 1.165) is 28.9 Å². The van der Waals surface area contributed by atoms with Crippen molar-refractivity contribution in [3.63, 3.8) is 0 Å². The Morgan fingerprint density at radius 1 is 1.19 bits per heavy atom. The van der Waals surface area contributed by atoms with Gasteiger partial charge >= 0.3 is 0 Å². The minimum absolute atomic E-state index is 0.112. The maximum Gasteiger partial charge on any atom is 0.178 e. The van der Waals surface area contributed by atoms with Crippen LogP contribution < -0.4 is 4.74 Å². The summed E-state index contributed by atoms with van der Waals surface area (Å²) in [6, 6.07) is 10.8. The van der Waals surface area contributed by atoms with Crippen LogP contribution in [0.3, 0.4) is 0 Å². The lowest BCUT2D eigenvalue weighted by Crippen LogP contribution is -2.08. The maximum atomic E-state index is 11.8. The van der Waals surface area contributed by atoms with Crippen LogP contribution in [0.15, 0.2) is 52.9 Å². The first-order valence-electron chi connectivity index (χ1n) is 8.51. The van der Waals surface area contributed by atoms with Gasteiger partial charge in [-0.25, -0.2) is 8.42 Å². The standard InChI is InChI=1S/C21H21ClO3S/c1-3-26(23,24)20-9-7-16(8-10-20)5-4-6-17-12-18-13-19(22)11-15(2)21(18)25-14-17/h4-5,7-13H,3,6,14H2,1-2H3. The van der Waals surface area contributed by atoms with Crippen molar-refractivity contribution in [1.82, 2.24) is 0 Å². The number of allylic oxidation sites excluding steroid dienone is 1. The highest BCUT2D eigenvalue weighted by atomic mass is 35.5. The Balaban J connectivity index is 1.70. The highest BCUT2D eigenvalue weighted by Crippen LogP contribution is 2.33. The van der Waals surface area contributed by atoms with Crippen LogP contribution in [-0.4, -0.2) is 20.8 Å². The van der Waals surface area contributed by atoms with E-state index in [1.54, 1.807) is 19.1 Å². The second-order valence-electron chi connectivity index (χ2n) is 6.31. The fourth-order valence-electron chi connectivity index (χ4n) is 2.90. The number of aryl methyl sites for hydroxylation is 1. The first kappa shape index (κ1) is 18.7. The zero-order valence-electron chi connectivity index (χ0n) is 14.8. The molecule has 0 radical (unpaired) electrons. The maximum absolute atomic E-state index is 11.8. The molecule has 26 heavy (non-hydrogen) atoms. The second kappa shape index (κ2) is 7.68. The monoisotopic (exact) mass is 388 g/mol. The summed E-state index contributed by atoms with van der Waals surface area (Å²) in [6.07, 6.45) is 6.93. The van der Waals surface area contributed by atoms with Crippen LogP contribution in [0, 0.1) is 6.92 Å². The highest BCUT2D eigenvalue weighted by Gasteiger charge is 2.14. The smallest absolute Gasteiger partial charge is 0.178 e. The van der Waals surface area contributed by atoms with Gasteiger partial charge in [0.15, 0.2) is 9.84 Å². The van der Waals surface area contributed by atoms with E-state index in [1.807, 2.05) is 37.3 Å². The molecule has 0 N–H and O–H groups in total. The quantitative estimate of drug-likeness (QED) is 0.696. The average molecular weight is 389 g/mol. The van der Waals surface area contributed by atoms with Crippen LogP contribution in [0.4, 0.5) is 0 Å². The van der Waals surface area contributed by atoms with E-state index in [9.17, 15) is 8.42 Å². The molecule has 0 spiro atoms. The third-order valence-electron chi connectivity index (χ3n) is 4.34. The molecule has 0 amide bonds. The van der Waals surface area contributed by atoms with Gasteiger partial charge in [-0.2, -0.15) is 0 Å². The Labute approximate surface area is 159 Å². The Bertz CT molecular complexity index is 971. The lowest BCUT2D eigenvalue weighted by atomic mass is 10.0. The molecule has 0 bridgehead atoms. The number of halogens is 1. The van der Waals surface area contributed by atoms with E-state index in [4.69, 9.17) is 16.3 Å². The lowest BCUT2D eigenvalue weighted by molar-refractivity contribution is 0.342. The summed E-state index contributed by atoms with van der Waals surface area (Å²) >= 11 is 6.13. The van der Waals surface area contributed by atoms with Crippen LogP contribution in [0.5, 0.6) is 5.75 Å². The summed E-state index contributed by atoms with van der Waals surface area (Å²) in [4.78, 5) is 0.365. The van der Waals surface area contributed by atoms with Gasteiger partial charge in [-0.3, -0.25) is 0 Å². The molecule has 0 aliphatic carbocycles. The summed E-state index contributed by atoms with van der Waals surface area (Å²) in [7, 11) is -3.15. The highest BCUT2D eigenvalue weighted by molar-refractivity contribution is 7.91. The Morgan fingerprint density at radius 3 is 2.62 bits per heavy atom. The number of rotatable bonds is 5. The number of benzene rings is 2. The SMILES string of the molecule is CCS(=O)(=O)c1ccc(C=CCC2=Cc3cc(Cl)cc(C)c3OC2)cc1. The number of ether oxygens (including phenoxy) is 1. The predicted octanol–water partition coefficient (Wildman–Crippen LogP) is 5.32. The average Bonchev–Trinajstić information content (AvgIpc) is 2.61. The summed E-state index contributed by atoms with van der Waals surface area (Å²) in [5, 5.41) is 0.708. The number of fused-ring (bicyclic) bond motifs is 1. The molecule has 0 aromatic heterocycles. The summed E-state index contributed by atoms with van der Waals surface area (Å²) in [5.41, 5.74) is 4.19. The van der Waals surface area contributed by atoms with Crippen molar-refractivity contribution in [2.45, 2.75) is 25.2 Å². The number of hydrogen-bond acceptors (Lipinski definition) is 3. The van der Waals surface area contributed by atoms with Crippen LogP contribution in [0.2, 0.25) is 5.02 Å². The van der Waals surface area contributed by atoms with Crippen LogP contribution in [-0.2, 0) is 9.84 Å². The molecular weight excluding hydrogens is 368 g/mol. The lowest BCUT2D eigenvalue weighted by Gasteiger charge is -2.19. The molecule has 0 fully saturated rings. The van der Waals surface area contributed by atoms with E-state index in [-0.39, 0.29) is 5.75 Å². The fourth-order valence-corrected chi connectivity index (χ4v) is 4.07. The normalized spacial score (nSPS) is 14.0. The topological polar surface area (TPSA) is 43.4 Å². The molecule has 3 nitrogen and oxygen atoms in total. The Kier molecular flexibility index (Phi) is 5.54. The molecule has 136 valence electrons. The summed E-state index contributed by atoms with van der Waals surface area (Å²) in [5.74, 6) is 1.01. The van der Waals surface area contributed by atoms with E-state index < -0.39 is 9.84 Å². The molecule has 1 aliphatic heterocycles. The van der Waals surface area contributed by atoms with E-state index in [0.29, 0.717) is 16.5 Å². The largest absolute Gasteiger partial charge is 0.488 e. The molecule has 1 heterocycles. The zero-order chi connectivity index (χ0) is 18.7. The van der Waals surface area contributed by atoms with E-state index in [1.165, 1.54) is 5.57 Å². The molecule has 1 aliphatic rings. The fraction of sp³-hybridized carbons (Fsp3) is 0.238. The van der Waals surface area contributed by atoms with Gasteiger partial charge in [-0.05, 0) is 60.4 Å². The number of sulfone groups is 1. The summed E-state index contributed by atoms with van der Waals surface area (Å²) in [6.45, 7) is 4.20. The van der Waals surface area contributed by atoms with Gasteiger partial charge in [0.25, 0.3) is 0 Å². The Morgan fingerprint density at radius 2 is 1.92 bits per heavy atom. The second-order valence-corrected chi connectivity index (χ2v) is 9.03. The summed E-state index contributed by atoms with van der Waals surface area (Å²) < 4.78 is 29.5. The molecule has 3 rings (SSSR count). The van der Waals surface area contributed by atoms with E-state index in [2.05, 4.69) is 12.2 Å². The van der Waals surface area contributed by atoms with Gasteiger partial charge in [0.1, 0.15) is 12.4 Å². The van der Waals surface area contributed by atoms with Crippen LogP contribution in [0.25, 0.3) is 12.2 Å². The number of hydrogen-bond donors (Lipinski definition) is 0. The van der Waals surface area contributed by atoms with Crippen molar-refractivity contribution in [2.24, 2.45) is 0 Å². The van der Waals surface area contributed by atoms with Gasteiger partial charge in [-0.15, -0.1) is 0 Å². The van der Waals surface area contributed by atoms with E-state index >= 15 is 0 Å². The van der Waals surface area contributed by atoms with Gasteiger partial charge in [0.2, 0.25) is 0 Å². The third kappa shape index (κ3) is 4.19. The van der Waals surface area contributed by atoms with Crippen LogP contribution in [0.1, 0.15) is 30.0 Å². The molecule has 0 saturated heterocycles. The first-order valence-corrected chi connectivity index (χ1v) is 10.5. The van der Waals surface area contributed by atoms with Crippen molar-refractivity contribution >= 4 is 33.6 Å². The molecular formula is C21H21ClO3S. The zero-order valence-corrected chi connectivity index (χ0v) is 16.4. The molecule has 0 unspecified atom stereocenters. The molecule has 2 aromatic rings. The molecule has 0 atom stereocenters. The minimum atomic E-state index is -3.15. The first-order chi connectivity index (χ1) is 12.4. The minimum Gasteiger partial charge on any atom is -0.488 e. The van der Waals surface area contributed by atoms with Gasteiger partial charge in [0, 0.05) is 10.6 Å². The van der Waals surface area contributed by atoms with Crippen molar-refractivity contribution in [3.05, 3.63) is 69.8 Å². The van der Waals surface area contributed by atoms with Crippen LogP contribution >= 0.6 is 11.6 Å².